The summed E-state index contributed by atoms with van der Waals surface area (Å²) in [5.41, 5.74) is -3.06. The lowest BCUT2D eigenvalue weighted by atomic mass is 9.88. The van der Waals surface area contributed by atoms with Crippen LogP contribution in [0, 0.1) is 0 Å². The Balaban J connectivity index is 2.17. The molecule has 6 heteroatoms. The smallest absolute Gasteiger partial charge is 0.421 e. The molecule has 5 nitrogen and oxygen atoms in total. The van der Waals surface area contributed by atoms with Gasteiger partial charge in [0.2, 0.25) is 5.67 Å². The lowest BCUT2D eigenvalue weighted by Crippen LogP contribution is -2.44. The number of benzene rings is 2. The first-order valence-electron chi connectivity index (χ1n) is 8.19. The number of hydrogen-bond donors (Lipinski definition) is 0. The van der Waals surface area contributed by atoms with Gasteiger partial charge in [-0.05, 0) is 32.9 Å². The molecule has 2 aromatic rings. The summed E-state index contributed by atoms with van der Waals surface area (Å²) in [6.07, 6.45) is -0.913. The molecule has 0 N–H and O–H groups in total. The minimum Gasteiger partial charge on any atom is -0.496 e. The van der Waals surface area contributed by atoms with Crippen LogP contribution in [0.15, 0.2) is 48.5 Å². The minimum atomic E-state index is -2.54. The molecular formula is C20H20FNO4. The van der Waals surface area contributed by atoms with Crippen LogP contribution in [0.25, 0.3) is 0 Å². The van der Waals surface area contributed by atoms with Crippen molar-refractivity contribution >= 4 is 17.7 Å². The van der Waals surface area contributed by atoms with Crippen molar-refractivity contribution in [3.63, 3.8) is 0 Å². The fraction of sp³-hybridized carbons (Fsp3) is 0.300. The second kappa shape index (κ2) is 6.12. The molecule has 26 heavy (non-hydrogen) atoms. The van der Waals surface area contributed by atoms with Crippen molar-refractivity contribution in [2.75, 3.05) is 12.0 Å². The Labute approximate surface area is 151 Å². The Bertz CT molecular complexity index is 874. The number of carbonyl (C=O) groups excluding carboxylic acids is 2. The molecule has 3 rings (SSSR count). The Hall–Kier alpha value is -2.89. The van der Waals surface area contributed by atoms with Crippen LogP contribution >= 0.6 is 0 Å². The molecule has 1 heterocycles. The number of carbonyl (C=O) groups is 2. The van der Waals surface area contributed by atoms with Crippen LogP contribution in [-0.2, 0) is 15.2 Å². The van der Waals surface area contributed by atoms with Gasteiger partial charge in [0.05, 0.1) is 12.8 Å². The Morgan fingerprint density at radius 3 is 2.23 bits per heavy atom. The maximum atomic E-state index is 16.2. The Morgan fingerprint density at radius 1 is 1.04 bits per heavy atom. The van der Waals surface area contributed by atoms with Crippen molar-refractivity contribution in [1.29, 1.82) is 0 Å². The lowest BCUT2D eigenvalue weighted by Gasteiger charge is -2.25. The molecular weight excluding hydrogens is 337 g/mol. The number of halogens is 1. The molecule has 2 amide bonds. The third-order valence-electron chi connectivity index (χ3n) is 4.07. The van der Waals surface area contributed by atoms with Crippen LogP contribution in [0.4, 0.5) is 14.9 Å². The summed E-state index contributed by atoms with van der Waals surface area (Å²) in [5.74, 6) is -0.790. The molecule has 1 atom stereocenters. The normalized spacial score (nSPS) is 19.3. The quantitative estimate of drug-likeness (QED) is 0.809. The Morgan fingerprint density at radius 2 is 1.62 bits per heavy atom. The fourth-order valence-corrected chi connectivity index (χ4v) is 3.02. The molecule has 0 saturated heterocycles. The van der Waals surface area contributed by atoms with E-state index in [0.29, 0.717) is 0 Å². The third-order valence-corrected chi connectivity index (χ3v) is 4.07. The van der Waals surface area contributed by atoms with Crippen LogP contribution in [0.1, 0.15) is 31.9 Å². The van der Waals surface area contributed by atoms with Gasteiger partial charge < -0.3 is 9.47 Å². The van der Waals surface area contributed by atoms with E-state index in [1.807, 2.05) is 0 Å². The molecule has 1 aliphatic heterocycles. The van der Waals surface area contributed by atoms with Gasteiger partial charge in [0.15, 0.2) is 0 Å². The number of ether oxygens (including phenoxy) is 2. The van der Waals surface area contributed by atoms with E-state index in [0.717, 1.165) is 4.90 Å². The van der Waals surface area contributed by atoms with Gasteiger partial charge in [-0.3, -0.25) is 4.79 Å². The van der Waals surface area contributed by atoms with Crippen LogP contribution in [0.5, 0.6) is 5.75 Å². The van der Waals surface area contributed by atoms with E-state index >= 15 is 4.39 Å². The summed E-state index contributed by atoms with van der Waals surface area (Å²) >= 11 is 0. The number of nitrogens with zero attached hydrogens (tertiary/aromatic N) is 1. The topological polar surface area (TPSA) is 55.8 Å². The number of alkyl halides is 1. The molecule has 0 unspecified atom stereocenters. The first-order chi connectivity index (χ1) is 12.2. The fourth-order valence-electron chi connectivity index (χ4n) is 3.02. The van der Waals surface area contributed by atoms with E-state index in [1.165, 1.54) is 25.3 Å². The van der Waals surface area contributed by atoms with Gasteiger partial charge in [-0.15, -0.1) is 0 Å². The summed E-state index contributed by atoms with van der Waals surface area (Å²) in [5, 5.41) is 0. The zero-order valence-electron chi connectivity index (χ0n) is 15.1. The third kappa shape index (κ3) is 2.71. The van der Waals surface area contributed by atoms with Gasteiger partial charge in [0, 0.05) is 11.1 Å². The molecule has 0 aliphatic carbocycles. The number of rotatable bonds is 2. The summed E-state index contributed by atoms with van der Waals surface area (Å²) < 4.78 is 26.8. The first-order valence-corrected chi connectivity index (χ1v) is 8.19. The molecule has 0 spiro atoms. The predicted molar refractivity (Wildman–Crippen MR) is 95.0 cm³/mol. The van der Waals surface area contributed by atoms with E-state index in [4.69, 9.17) is 9.47 Å². The van der Waals surface area contributed by atoms with Gasteiger partial charge >= 0.3 is 6.09 Å². The van der Waals surface area contributed by atoms with Crippen LogP contribution in [-0.4, -0.2) is 24.7 Å². The van der Waals surface area contributed by atoms with Gasteiger partial charge in [-0.1, -0.05) is 36.4 Å². The average Bonchev–Trinajstić information content (AvgIpc) is 2.82. The lowest BCUT2D eigenvalue weighted by molar-refractivity contribution is -0.126. The number of fused-ring (bicyclic) bond motifs is 1. The van der Waals surface area contributed by atoms with E-state index in [1.54, 1.807) is 51.1 Å². The molecule has 0 bridgehead atoms. The van der Waals surface area contributed by atoms with Crippen molar-refractivity contribution in [3.8, 4) is 5.75 Å². The number of amides is 2. The van der Waals surface area contributed by atoms with Crippen molar-refractivity contribution in [1.82, 2.24) is 0 Å². The molecule has 0 radical (unpaired) electrons. The van der Waals surface area contributed by atoms with E-state index in [2.05, 4.69) is 0 Å². The van der Waals surface area contributed by atoms with Crippen molar-refractivity contribution in [3.05, 3.63) is 59.7 Å². The zero-order chi connectivity index (χ0) is 19.1. The molecule has 0 aromatic heterocycles. The highest BCUT2D eigenvalue weighted by Gasteiger charge is 2.57. The monoisotopic (exact) mass is 357 g/mol. The highest BCUT2D eigenvalue weighted by atomic mass is 19.1. The standard InChI is InChI=1S/C20H20FNO4/c1-19(2,3)26-18(24)22-15-11-7-5-9-13(15)20(21,17(22)23)14-10-6-8-12-16(14)25-4/h5-12H,1-4H3/t20-/m1/s1. The molecule has 2 aromatic carbocycles. The van der Waals surface area contributed by atoms with Crippen LogP contribution in [0.3, 0.4) is 0 Å². The maximum absolute atomic E-state index is 16.2. The Kier molecular flexibility index (Phi) is 4.22. The van der Waals surface area contributed by atoms with Crippen LogP contribution in [0.2, 0.25) is 0 Å². The highest BCUT2D eigenvalue weighted by molar-refractivity contribution is 6.21. The zero-order valence-corrected chi connectivity index (χ0v) is 15.1. The number of hydrogen-bond acceptors (Lipinski definition) is 4. The summed E-state index contributed by atoms with van der Waals surface area (Å²) in [6, 6.07) is 12.6. The molecule has 0 saturated carbocycles. The van der Waals surface area contributed by atoms with E-state index in [9.17, 15) is 9.59 Å². The van der Waals surface area contributed by atoms with Gasteiger partial charge in [0.1, 0.15) is 11.4 Å². The van der Waals surface area contributed by atoms with Crippen molar-refractivity contribution < 1.29 is 23.5 Å². The molecule has 0 fully saturated rings. The van der Waals surface area contributed by atoms with Gasteiger partial charge in [-0.25, -0.2) is 14.1 Å². The van der Waals surface area contributed by atoms with Gasteiger partial charge in [-0.2, -0.15) is 0 Å². The number of methoxy groups -OCH3 is 1. The van der Waals surface area contributed by atoms with Gasteiger partial charge in [0.25, 0.3) is 5.91 Å². The highest BCUT2D eigenvalue weighted by Crippen LogP contribution is 2.49. The molecule has 136 valence electrons. The number of imide groups is 1. The maximum Gasteiger partial charge on any atom is 0.421 e. The van der Waals surface area contributed by atoms with Crippen LogP contribution < -0.4 is 9.64 Å². The second-order valence-corrected chi connectivity index (χ2v) is 7.00. The predicted octanol–water partition coefficient (Wildman–Crippen LogP) is 4.19. The SMILES string of the molecule is COc1ccccc1[C@@]1(F)C(=O)N(C(=O)OC(C)(C)C)c2ccccc21. The first kappa shape index (κ1) is 17.9. The average molecular weight is 357 g/mol. The largest absolute Gasteiger partial charge is 0.496 e. The molecule has 1 aliphatic rings. The summed E-state index contributed by atoms with van der Waals surface area (Å²) in [7, 11) is 1.40. The number of para-hydroxylation sites is 2. The summed E-state index contributed by atoms with van der Waals surface area (Å²) in [4.78, 5) is 26.4. The van der Waals surface area contributed by atoms with Crippen molar-refractivity contribution in [2.24, 2.45) is 0 Å². The minimum absolute atomic E-state index is 0.0472. The van der Waals surface area contributed by atoms with Crippen molar-refractivity contribution in [2.45, 2.75) is 32.0 Å². The number of anilines is 1. The van der Waals surface area contributed by atoms with E-state index in [-0.39, 0.29) is 22.6 Å². The van der Waals surface area contributed by atoms with E-state index < -0.39 is 23.3 Å². The second-order valence-electron chi connectivity index (χ2n) is 7.00. The summed E-state index contributed by atoms with van der Waals surface area (Å²) in [6.45, 7) is 5.04.